The van der Waals surface area contributed by atoms with Gasteiger partial charge in [0.15, 0.2) is 0 Å². The molecule has 1 heterocycles. The smallest absolute Gasteiger partial charge is 0.418 e. The van der Waals surface area contributed by atoms with Crippen LogP contribution >= 0.6 is 0 Å². The highest BCUT2D eigenvalue weighted by Crippen LogP contribution is 2.27. The lowest BCUT2D eigenvalue weighted by molar-refractivity contribution is -0.150. The molecule has 1 saturated heterocycles. The minimum absolute atomic E-state index is 0.120. The van der Waals surface area contributed by atoms with Crippen LogP contribution < -0.4 is 0 Å². The third-order valence-electron chi connectivity index (χ3n) is 2.78. The Labute approximate surface area is 130 Å². The first-order chi connectivity index (χ1) is 10.1. The minimum atomic E-state index is -0.978. The summed E-state index contributed by atoms with van der Waals surface area (Å²) in [6.07, 6.45) is 0.881. The maximum absolute atomic E-state index is 12.4. The average Bonchev–Trinajstić information content (AvgIpc) is 2.64. The van der Waals surface area contributed by atoms with Crippen molar-refractivity contribution in [2.45, 2.75) is 45.8 Å². The van der Waals surface area contributed by atoms with Gasteiger partial charge in [0.25, 0.3) is 5.91 Å². The van der Waals surface area contributed by atoms with Crippen LogP contribution in [0.15, 0.2) is 11.8 Å². The number of carbonyl (C=O) groups is 3. The van der Waals surface area contributed by atoms with Crippen LogP contribution in [0.1, 0.15) is 34.1 Å². The Balaban J connectivity index is 3.09. The maximum atomic E-state index is 12.4. The van der Waals surface area contributed by atoms with Gasteiger partial charge in [-0.05, 0) is 27.7 Å². The van der Waals surface area contributed by atoms with Crippen molar-refractivity contribution in [1.82, 2.24) is 9.80 Å². The number of rotatable bonds is 3. The summed E-state index contributed by atoms with van der Waals surface area (Å²) in [6.45, 7) is 6.94. The number of likely N-dealkylation sites (tertiary alicyclic amines) is 1. The molecule has 0 aromatic rings. The van der Waals surface area contributed by atoms with E-state index < -0.39 is 29.6 Å². The van der Waals surface area contributed by atoms with E-state index >= 15 is 0 Å². The molecule has 124 valence electrons. The van der Waals surface area contributed by atoms with Gasteiger partial charge in [-0.3, -0.25) is 4.79 Å². The van der Waals surface area contributed by atoms with Crippen molar-refractivity contribution in [1.29, 1.82) is 0 Å². The summed E-state index contributed by atoms with van der Waals surface area (Å²) in [4.78, 5) is 39.2. The molecule has 2 amide bonds. The predicted octanol–water partition coefficient (Wildman–Crippen LogP) is 1.53. The zero-order valence-electron chi connectivity index (χ0n) is 14.0. The molecule has 1 aliphatic heterocycles. The summed E-state index contributed by atoms with van der Waals surface area (Å²) in [7, 11) is 3.52. The molecular formula is C15H24N2O5. The fraction of sp³-hybridized carbons (Fsp3) is 0.667. The third kappa shape index (κ3) is 4.47. The Morgan fingerprint density at radius 1 is 1.36 bits per heavy atom. The van der Waals surface area contributed by atoms with Gasteiger partial charge in [0.1, 0.15) is 11.6 Å². The molecule has 7 heteroatoms. The largest absolute Gasteiger partial charge is 0.464 e. The van der Waals surface area contributed by atoms with Gasteiger partial charge >= 0.3 is 12.1 Å². The first kappa shape index (κ1) is 18.0. The second-order valence-corrected chi connectivity index (χ2v) is 6.25. The molecule has 1 rings (SSSR count). The molecular weight excluding hydrogens is 288 g/mol. The van der Waals surface area contributed by atoms with E-state index in [1.807, 2.05) is 0 Å². The van der Waals surface area contributed by atoms with Gasteiger partial charge in [0.2, 0.25) is 0 Å². The minimum Gasteiger partial charge on any atom is -0.464 e. The van der Waals surface area contributed by atoms with Crippen LogP contribution in [0.3, 0.4) is 0 Å². The topological polar surface area (TPSA) is 76.2 Å². The zero-order chi connectivity index (χ0) is 17.1. The lowest BCUT2D eigenvalue weighted by Crippen LogP contribution is -2.46. The van der Waals surface area contributed by atoms with Crippen LogP contribution in [0.4, 0.5) is 4.79 Å². The van der Waals surface area contributed by atoms with Gasteiger partial charge in [0.05, 0.1) is 6.61 Å². The van der Waals surface area contributed by atoms with Gasteiger partial charge in [-0.2, -0.15) is 0 Å². The first-order valence-electron chi connectivity index (χ1n) is 7.17. The number of amides is 2. The number of imide groups is 1. The predicted molar refractivity (Wildman–Crippen MR) is 79.9 cm³/mol. The van der Waals surface area contributed by atoms with Crippen LogP contribution in [0.2, 0.25) is 0 Å². The van der Waals surface area contributed by atoms with E-state index in [1.54, 1.807) is 52.9 Å². The number of hydrogen-bond donors (Lipinski definition) is 0. The number of esters is 1. The number of ether oxygens (including phenoxy) is 2. The van der Waals surface area contributed by atoms with Crippen LogP contribution in [0, 0.1) is 0 Å². The van der Waals surface area contributed by atoms with E-state index in [-0.39, 0.29) is 13.0 Å². The summed E-state index contributed by atoms with van der Waals surface area (Å²) in [6, 6.07) is -0.978. The lowest BCUT2D eigenvalue weighted by Gasteiger charge is -2.26. The third-order valence-corrected chi connectivity index (χ3v) is 2.78. The van der Waals surface area contributed by atoms with Crippen molar-refractivity contribution >= 4 is 18.0 Å². The van der Waals surface area contributed by atoms with Crippen molar-refractivity contribution in [2.24, 2.45) is 0 Å². The van der Waals surface area contributed by atoms with Crippen molar-refractivity contribution in [3.05, 3.63) is 11.8 Å². The van der Waals surface area contributed by atoms with Crippen LogP contribution in [-0.2, 0) is 19.1 Å². The molecule has 0 aliphatic carbocycles. The summed E-state index contributed by atoms with van der Waals surface area (Å²) < 4.78 is 10.2. The first-order valence-corrected chi connectivity index (χ1v) is 7.17. The molecule has 0 spiro atoms. The second kappa shape index (κ2) is 6.81. The van der Waals surface area contributed by atoms with Crippen molar-refractivity contribution in [2.75, 3.05) is 20.7 Å². The fourth-order valence-electron chi connectivity index (χ4n) is 2.05. The molecule has 7 nitrogen and oxygen atoms in total. The van der Waals surface area contributed by atoms with Crippen LogP contribution in [-0.4, -0.2) is 60.1 Å². The van der Waals surface area contributed by atoms with E-state index in [4.69, 9.17) is 9.47 Å². The Bertz CT molecular complexity index is 491. The number of carbonyl (C=O) groups excluding carboxylic acids is 3. The quantitative estimate of drug-likeness (QED) is 0.581. The van der Waals surface area contributed by atoms with E-state index in [0.717, 1.165) is 4.90 Å². The molecule has 0 aromatic carbocycles. The molecule has 0 radical (unpaired) electrons. The molecule has 0 aromatic heterocycles. The van der Waals surface area contributed by atoms with Crippen molar-refractivity contribution < 1.29 is 23.9 Å². The molecule has 1 fully saturated rings. The van der Waals surface area contributed by atoms with Gasteiger partial charge in [-0.1, -0.05) is 0 Å². The van der Waals surface area contributed by atoms with E-state index in [2.05, 4.69) is 0 Å². The van der Waals surface area contributed by atoms with Crippen LogP contribution in [0.25, 0.3) is 0 Å². The highest BCUT2D eigenvalue weighted by atomic mass is 16.6. The van der Waals surface area contributed by atoms with Gasteiger partial charge < -0.3 is 14.4 Å². The highest BCUT2D eigenvalue weighted by Gasteiger charge is 2.46. The fourth-order valence-corrected chi connectivity index (χ4v) is 2.05. The molecule has 0 bridgehead atoms. The summed E-state index contributed by atoms with van der Waals surface area (Å²) >= 11 is 0. The van der Waals surface area contributed by atoms with Crippen LogP contribution in [0.5, 0.6) is 0 Å². The molecule has 0 saturated carbocycles. The normalized spacial score (nSPS) is 20.3. The standard InChI is InChI=1S/C15H24N2O5/c1-7-21-13(19)11-8-10(9-16(5)6)12(18)17(11)14(20)22-15(2,3)4/h9,11H,7-8H2,1-6H3/t11-/m1/s1. The summed E-state index contributed by atoms with van der Waals surface area (Å²) in [5.74, 6) is -1.13. The Morgan fingerprint density at radius 2 is 1.95 bits per heavy atom. The van der Waals surface area contributed by atoms with E-state index in [0.29, 0.717) is 5.57 Å². The average molecular weight is 312 g/mol. The number of nitrogens with zero attached hydrogens (tertiary/aromatic N) is 2. The van der Waals surface area contributed by atoms with Gasteiger partial charge in [-0.25, -0.2) is 14.5 Å². The van der Waals surface area contributed by atoms with Gasteiger partial charge in [0, 0.05) is 32.3 Å². The molecule has 1 atom stereocenters. The van der Waals surface area contributed by atoms with E-state index in [9.17, 15) is 14.4 Å². The summed E-state index contributed by atoms with van der Waals surface area (Å²) in [5.41, 5.74) is -0.390. The molecule has 0 unspecified atom stereocenters. The van der Waals surface area contributed by atoms with Crippen molar-refractivity contribution in [3.8, 4) is 0 Å². The maximum Gasteiger partial charge on any atom is 0.418 e. The number of hydrogen-bond acceptors (Lipinski definition) is 6. The molecule has 0 N–H and O–H groups in total. The lowest BCUT2D eigenvalue weighted by atomic mass is 10.1. The van der Waals surface area contributed by atoms with Crippen molar-refractivity contribution in [3.63, 3.8) is 0 Å². The molecule has 1 aliphatic rings. The highest BCUT2D eigenvalue weighted by molar-refractivity contribution is 6.08. The monoisotopic (exact) mass is 312 g/mol. The Kier molecular flexibility index (Phi) is 5.57. The Hall–Kier alpha value is -2.05. The SMILES string of the molecule is CCOC(=O)[C@H]1CC(=CN(C)C)C(=O)N1C(=O)OC(C)(C)C. The molecule has 22 heavy (non-hydrogen) atoms. The van der Waals surface area contributed by atoms with E-state index in [1.165, 1.54) is 0 Å². The summed E-state index contributed by atoms with van der Waals surface area (Å²) in [5, 5.41) is 0. The Morgan fingerprint density at radius 3 is 2.41 bits per heavy atom. The second-order valence-electron chi connectivity index (χ2n) is 6.25. The zero-order valence-corrected chi connectivity index (χ0v) is 14.0. The van der Waals surface area contributed by atoms with Gasteiger partial charge in [-0.15, -0.1) is 0 Å².